The minimum absolute atomic E-state index is 0.178. The van der Waals surface area contributed by atoms with Crippen molar-refractivity contribution >= 4 is 88.2 Å². The maximum absolute atomic E-state index is 10.8. The van der Waals surface area contributed by atoms with Crippen molar-refractivity contribution in [1.82, 2.24) is 39.0 Å². The molecule has 388 valence electrons. The Morgan fingerprint density at radius 1 is 0.686 bits per heavy atom. The SMILES string of the molecule is C[S+](CC[C@H](N)C(=O)O)C[C@H]1O[C@@H](n2cnc3c(N)ncnc32)[C@H](O)[C@@H]1O.C[S+](CC[C@H](N)C(=O)O)C[C@H]1O[C@@H](n2cnc3c(N)ncnc32)[C@H](O)[C@@H]1O.Cc1ccc(S(=O)(=O)[O-])cc1.O=S(=O)([O-])O. The number of aliphatic hydroxyl groups is 4. The molecule has 0 radical (unpaired) electrons. The third-order valence-corrected chi connectivity index (χ3v) is 14.9. The number of hydrogen-bond acceptors (Lipinski definition) is 24. The summed E-state index contributed by atoms with van der Waals surface area (Å²) < 4.78 is 78.8. The number of aliphatic hydroxyl groups excluding tert-OH is 4. The largest absolute Gasteiger partial charge is 0.744 e. The highest BCUT2D eigenvalue weighted by Crippen LogP contribution is 2.34. The summed E-state index contributed by atoms with van der Waals surface area (Å²) in [7, 11) is -9.66. The summed E-state index contributed by atoms with van der Waals surface area (Å²) in [5.41, 5.74) is 25.1. The van der Waals surface area contributed by atoms with Gasteiger partial charge in [0, 0.05) is 12.8 Å². The summed E-state index contributed by atoms with van der Waals surface area (Å²) in [5, 5.41) is 59.4. The van der Waals surface area contributed by atoms with Crippen LogP contribution in [0.2, 0.25) is 0 Å². The standard InChI is InChI=1S/2C15H22N6O5S.C7H8O3S.H2O4S/c2*1-27(3-2-7(16)15(24)25)4-8-10(22)11(23)14(26-8)21-6-20-9-12(17)18-5-19-13(9)21;1-6-2-4-7(5-3-6)11(8,9)10;1-5(2,3)4/h2*5-8,10-11,14,22-23H,2-4,16H2,1H3,(H2-,17,18,19,24,25);2-5H,1H3,(H,8,9,10);(H2,1,2,3,4)/t2*7-,8+,10+,11+,14+,27?;;/m00../s1. The molecule has 2 aliphatic heterocycles. The van der Waals surface area contributed by atoms with Crippen molar-refractivity contribution in [3.8, 4) is 0 Å². The lowest BCUT2D eigenvalue weighted by molar-refractivity contribution is -0.139. The first-order valence-corrected chi connectivity index (χ1v) is 27.1. The summed E-state index contributed by atoms with van der Waals surface area (Å²) in [6.07, 6.45) is 2.62. The zero-order valence-corrected chi connectivity index (χ0v) is 40.6. The van der Waals surface area contributed by atoms with Gasteiger partial charge in [-0.25, -0.2) is 46.7 Å². The number of nitrogens with two attached hydrogens (primary N) is 4. The van der Waals surface area contributed by atoms with Crippen LogP contribution in [0.1, 0.15) is 30.9 Å². The monoisotopic (exact) mass is 1070 g/mol. The van der Waals surface area contributed by atoms with Gasteiger partial charge in [-0.05, 0) is 40.8 Å². The number of hydrogen-bond donors (Lipinski definition) is 11. The summed E-state index contributed by atoms with van der Waals surface area (Å²) >= 11 is 0. The van der Waals surface area contributed by atoms with Crippen LogP contribution in [0.15, 0.2) is 54.5 Å². The molecule has 6 heterocycles. The molecule has 2 aliphatic rings. The fraction of sp³-hybridized carbons (Fsp3) is 0.514. The predicted octanol–water partition coefficient (Wildman–Crippen LogP) is -3.94. The Balaban J connectivity index is 0.000000233. The van der Waals surface area contributed by atoms with E-state index in [1.807, 2.05) is 19.4 Å². The van der Waals surface area contributed by atoms with Gasteiger partial charge >= 0.3 is 11.9 Å². The number of rotatable bonds is 15. The molecule has 12 atom stereocenters. The Labute approximate surface area is 405 Å². The number of aromatic nitrogens is 8. The van der Waals surface area contributed by atoms with Gasteiger partial charge in [-0.3, -0.25) is 23.3 Å². The van der Waals surface area contributed by atoms with Gasteiger partial charge in [-0.2, -0.15) is 0 Å². The molecule has 0 bridgehead atoms. The van der Waals surface area contributed by atoms with Crippen molar-refractivity contribution in [3.63, 3.8) is 0 Å². The van der Waals surface area contributed by atoms with E-state index in [2.05, 4.69) is 29.9 Å². The third-order valence-electron chi connectivity index (χ3n) is 10.4. The summed E-state index contributed by atoms with van der Waals surface area (Å²) in [4.78, 5) is 45.7. The fourth-order valence-electron chi connectivity index (χ4n) is 6.64. The second-order valence-electron chi connectivity index (χ2n) is 15.7. The first kappa shape index (κ1) is 57.6. The van der Waals surface area contributed by atoms with Crippen molar-refractivity contribution in [3.05, 3.63) is 55.1 Å². The lowest BCUT2D eigenvalue weighted by Gasteiger charge is -2.16. The number of imidazole rings is 2. The van der Waals surface area contributed by atoms with E-state index >= 15 is 0 Å². The van der Waals surface area contributed by atoms with Gasteiger partial charge < -0.3 is 72.2 Å². The highest BCUT2D eigenvalue weighted by molar-refractivity contribution is 7.96. The van der Waals surface area contributed by atoms with E-state index in [1.54, 1.807) is 12.1 Å². The van der Waals surface area contributed by atoms with E-state index < -0.39 is 93.6 Å². The quantitative estimate of drug-likeness (QED) is 0.0271. The molecule has 70 heavy (non-hydrogen) atoms. The summed E-state index contributed by atoms with van der Waals surface area (Å²) in [5.74, 6) is 0.509. The zero-order valence-electron chi connectivity index (χ0n) is 37.4. The molecule has 7 rings (SSSR count). The zero-order chi connectivity index (χ0) is 52.4. The van der Waals surface area contributed by atoms with Gasteiger partial charge in [-0.1, -0.05) is 17.7 Å². The van der Waals surface area contributed by atoms with Crippen LogP contribution in [-0.2, 0) is 61.4 Å². The number of ether oxygens (including phenoxy) is 2. The van der Waals surface area contributed by atoms with E-state index in [4.69, 9.17) is 60.1 Å². The van der Waals surface area contributed by atoms with Crippen molar-refractivity contribution in [2.24, 2.45) is 11.5 Å². The Bertz CT molecular complexity index is 2620. The molecule has 1 aromatic carbocycles. The maximum atomic E-state index is 10.8. The number of nitrogen functional groups attached to an aromatic ring is 2. The van der Waals surface area contributed by atoms with Gasteiger partial charge in [0.25, 0.3) is 0 Å². The molecule has 33 heteroatoms. The van der Waals surface area contributed by atoms with Crippen molar-refractivity contribution in [2.45, 2.75) is 85.8 Å². The molecular weight excluding hydrogens is 1010 g/mol. The number of fused-ring (bicyclic) bond motifs is 2. The molecule has 4 aromatic heterocycles. The highest BCUT2D eigenvalue weighted by atomic mass is 32.3. The molecule has 29 nitrogen and oxygen atoms in total. The Hall–Kier alpha value is -4.98. The van der Waals surface area contributed by atoms with Gasteiger partial charge in [-0.15, -0.1) is 0 Å². The van der Waals surface area contributed by atoms with Crippen molar-refractivity contribution in [2.75, 3.05) is 47.0 Å². The van der Waals surface area contributed by atoms with E-state index in [9.17, 15) is 43.0 Å². The number of aliphatic carboxylic acids is 2. The first-order valence-electron chi connectivity index (χ1n) is 20.3. The molecule has 5 aromatic rings. The number of aryl methyl sites for hydroxylation is 1. The minimum Gasteiger partial charge on any atom is -0.744 e. The smallest absolute Gasteiger partial charge is 0.320 e. The van der Waals surface area contributed by atoms with Crippen LogP contribution in [0.3, 0.4) is 0 Å². The molecule has 0 spiro atoms. The summed E-state index contributed by atoms with van der Waals surface area (Å²) in [6.45, 7) is 1.82. The average molecular weight is 1070 g/mol. The second kappa shape index (κ2) is 24.9. The highest BCUT2D eigenvalue weighted by Gasteiger charge is 2.48. The van der Waals surface area contributed by atoms with Gasteiger partial charge in [0.1, 0.15) is 106 Å². The Kier molecular flexibility index (Phi) is 20.5. The summed E-state index contributed by atoms with van der Waals surface area (Å²) in [6, 6.07) is 3.97. The van der Waals surface area contributed by atoms with E-state index in [0.717, 1.165) is 5.56 Å². The predicted molar refractivity (Wildman–Crippen MR) is 249 cm³/mol. The maximum Gasteiger partial charge on any atom is 0.320 e. The Morgan fingerprint density at radius 3 is 1.37 bits per heavy atom. The van der Waals surface area contributed by atoms with Crippen LogP contribution >= 0.6 is 0 Å². The van der Waals surface area contributed by atoms with Crippen LogP contribution < -0.4 is 22.9 Å². The van der Waals surface area contributed by atoms with Gasteiger partial charge in [0.2, 0.25) is 10.4 Å². The lowest BCUT2D eigenvalue weighted by Crippen LogP contribution is -2.37. The molecule has 0 amide bonds. The number of benzene rings is 1. The van der Waals surface area contributed by atoms with E-state index in [-0.39, 0.29) is 38.3 Å². The molecule has 0 aliphatic carbocycles. The molecule has 15 N–H and O–H groups in total. The topological polar surface area (TPSA) is 500 Å². The minimum atomic E-state index is -4.92. The van der Waals surface area contributed by atoms with Gasteiger partial charge in [0.05, 0.1) is 30.1 Å². The van der Waals surface area contributed by atoms with Crippen LogP contribution in [0.4, 0.5) is 11.6 Å². The molecule has 2 fully saturated rings. The van der Waals surface area contributed by atoms with E-state index in [0.29, 0.717) is 58.2 Å². The second-order valence-corrected chi connectivity index (χ2v) is 22.6. The van der Waals surface area contributed by atoms with Crippen LogP contribution in [0.25, 0.3) is 22.3 Å². The first-order chi connectivity index (χ1) is 32.6. The molecule has 0 saturated carbocycles. The normalized spacial score (nSPS) is 24.0. The molecule has 2 unspecified atom stereocenters. The van der Waals surface area contributed by atoms with Crippen molar-refractivity contribution < 1.29 is 80.2 Å². The number of carboxylic acid groups (broad SMARTS) is 2. The fourth-order valence-corrected chi connectivity index (χ4v) is 10.4. The third kappa shape index (κ3) is 16.0. The Morgan fingerprint density at radius 2 is 1.04 bits per heavy atom. The average Bonchev–Trinajstić information content (AvgIpc) is 4.04. The molecular formula is C37H54N12O17S4. The number of anilines is 2. The number of nitrogens with zero attached hydrogens (tertiary/aromatic N) is 8. The van der Waals surface area contributed by atoms with Crippen LogP contribution in [0.5, 0.6) is 0 Å². The lowest BCUT2D eigenvalue weighted by atomic mass is 10.1. The van der Waals surface area contributed by atoms with Crippen molar-refractivity contribution in [1.29, 1.82) is 0 Å². The van der Waals surface area contributed by atoms with Crippen LogP contribution in [-0.4, -0.2) is 196 Å². The number of carbonyl (C=O) groups is 2. The van der Waals surface area contributed by atoms with E-state index in [1.165, 1.54) is 46.6 Å². The van der Waals surface area contributed by atoms with Gasteiger partial charge in [0.15, 0.2) is 35.4 Å². The molecule has 2 saturated heterocycles. The number of carboxylic acids is 2. The van der Waals surface area contributed by atoms with Crippen LogP contribution in [0, 0.1) is 6.92 Å².